The number of rotatable bonds is 6. The lowest BCUT2D eigenvalue weighted by atomic mass is 10.1. The van der Waals surface area contributed by atoms with Crippen LogP contribution in [0.25, 0.3) is 0 Å². The molecule has 1 aromatic carbocycles. The van der Waals surface area contributed by atoms with E-state index in [-0.39, 0.29) is 0 Å². The molecule has 0 amide bonds. The zero-order valence-corrected chi connectivity index (χ0v) is 12.5. The highest BCUT2D eigenvalue weighted by atomic mass is 32.1. The van der Waals surface area contributed by atoms with Gasteiger partial charge < -0.3 is 10.1 Å². The zero-order chi connectivity index (χ0) is 13.7. The molecule has 4 heteroatoms. The van der Waals surface area contributed by atoms with Crippen molar-refractivity contribution in [2.24, 2.45) is 0 Å². The molecule has 0 spiro atoms. The molecule has 0 bridgehead atoms. The maximum atomic E-state index is 5.16. The predicted octanol–water partition coefficient (Wildman–Crippen LogP) is 3.18. The molecule has 1 unspecified atom stereocenters. The average molecular weight is 276 g/mol. The number of hydrogen-bond donors (Lipinski definition) is 1. The standard InChI is InChI=1S/C15H20N2OS/c1-11(16-9-15-17-12(2)10-19-15)8-13-4-6-14(18-3)7-5-13/h4-7,10-11,16H,8-9H2,1-3H3. The fraction of sp³-hybridized carbons (Fsp3) is 0.400. The number of hydrogen-bond acceptors (Lipinski definition) is 4. The molecule has 0 aliphatic rings. The van der Waals surface area contributed by atoms with Gasteiger partial charge in [-0.1, -0.05) is 12.1 Å². The zero-order valence-electron chi connectivity index (χ0n) is 11.6. The van der Waals surface area contributed by atoms with E-state index in [1.807, 2.05) is 19.1 Å². The minimum absolute atomic E-state index is 0.428. The third-order valence-corrected chi connectivity index (χ3v) is 3.94. The van der Waals surface area contributed by atoms with E-state index in [2.05, 4.69) is 34.7 Å². The summed E-state index contributed by atoms with van der Waals surface area (Å²) in [7, 11) is 1.69. The van der Waals surface area contributed by atoms with Crippen LogP contribution in [0.1, 0.15) is 23.2 Å². The van der Waals surface area contributed by atoms with Gasteiger partial charge in [-0.25, -0.2) is 4.98 Å². The first-order valence-corrected chi connectivity index (χ1v) is 7.32. The van der Waals surface area contributed by atoms with Crippen molar-refractivity contribution in [2.75, 3.05) is 7.11 Å². The normalized spacial score (nSPS) is 12.4. The molecule has 3 nitrogen and oxygen atoms in total. The van der Waals surface area contributed by atoms with Crippen molar-refractivity contribution < 1.29 is 4.74 Å². The number of thiazole rings is 1. The minimum Gasteiger partial charge on any atom is -0.497 e. The number of ether oxygens (including phenoxy) is 1. The summed E-state index contributed by atoms with van der Waals surface area (Å²) in [5, 5.41) is 6.75. The Balaban J connectivity index is 1.81. The number of aromatic nitrogens is 1. The first-order valence-electron chi connectivity index (χ1n) is 6.44. The molecular formula is C15H20N2OS. The Morgan fingerprint density at radius 1 is 1.32 bits per heavy atom. The predicted molar refractivity (Wildman–Crippen MR) is 79.9 cm³/mol. The monoisotopic (exact) mass is 276 g/mol. The molecule has 102 valence electrons. The van der Waals surface area contributed by atoms with Crippen LogP contribution in [0.5, 0.6) is 5.75 Å². The van der Waals surface area contributed by atoms with Crippen molar-refractivity contribution in [1.82, 2.24) is 10.3 Å². The molecule has 1 N–H and O–H groups in total. The van der Waals surface area contributed by atoms with Gasteiger partial charge in [0.15, 0.2) is 0 Å². The smallest absolute Gasteiger partial charge is 0.118 e. The maximum absolute atomic E-state index is 5.16. The van der Waals surface area contributed by atoms with Crippen LogP contribution < -0.4 is 10.1 Å². The summed E-state index contributed by atoms with van der Waals surface area (Å²) >= 11 is 1.71. The van der Waals surface area contributed by atoms with Gasteiger partial charge in [-0.05, 0) is 38.0 Å². The molecule has 2 rings (SSSR count). The maximum Gasteiger partial charge on any atom is 0.118 e. The number of nitrogens with zero attached hydrogens (tertiary/aromatic N) is 1. The highest BCUT2D eigenvalue weighted by Gasteiger charge is 2.05. The Kier molecular flexibility index (Phi) is 4.93. The van der Waals surface area contributed by atoms with Gasteiger partial charge in [-0.15, -0.1) is 11.3 Å². The van der Waals surface area contributed by atoms with Gasteiger partial charge >= 0.3 is 0 Å². The highest BCUT2D eigenvalue weighted by Crippen LogP contribution is 2.13. The molecule has 1 heterocycles. The lowest BCUT2D eigenvalue weighted by molar-refractivity contribution is 0.414. The summed E-state index contributed by atoms with van der Waals surface area (Å²) < 4.78 is 5.16. The molecule has 0 saturated heterocycles. The molecule has 1 atom stereocenters. The van der Waals surface area contributed by atoms with E-state index in [9.17, 15) is 0 Å². The number of nitrogens with one attached hydrogen (secondary N) is 1. The summed E-state index contributed by atoms with van der Waals surface area (Å²) in [6.07, 6.45) is 1.01. The average Bonchev–Trinajstić information content (AvgIpc) is 2.83. The van der Waals surface area contributed by atoms with Crippen molar-refractivity contribution in [3.05, 3.63) is 45.9 Å². The molecule has 19 heavy (non-hydrogen) atoms. The van der Waals surface area contributed by atoms with Crippen LogP contribution in [0.15, 0.2) is 29.6 Å². The van der Waals surface area contributed by atoms with Crippen LogP contribution >= 0.6 is 11.3 Å². The first-order chi connectivity index (χ1) is 9.17. The van der Waals surface area contributed by atoms with Crippen LogP contribution in [0.2, 0.25) is 0 Å². The van der Waals surface area contributed by atoms with Crippen molar-refractivity contribution >= 4 is 11.3 Å². The minimum atomic E-state index is 0.428. The lowest BCUT2D eigenvalue weighted by Gasteiger charge is -2.13. The SMILES string of the molecule is COc1ccc(CC(C)NCc2nc(C)cs2)cc1. The Morgan fingerprint density at radius 2 is 2.05 bits per heavy atom. The van der Waals surface area contributed by atoms with E-state index in [0.29, 0.717) is 6.04 Å². The number of aryl methyl sites for hydroxylation is 1. The Hall–Kier alpha value is -1.39. The second kappa shape index (κ2) is 6.68. The fourth-order valence-electron chi connectivity index (χ4n) is 1.93. The molecule has 2 aromatic rings. The van der Waals surface area contributed by atoms with Gasteiger partial charge in [0.1, 0.15) is 10.8 Å². The van der Waals surface area contributed by atoms with Gasteiger partial charge in [0.2, 0.25) is 0 Å². The number of methoxy groups -OCH3 is 1. The largest absolute Gasteiger partial charge is 0.497 e. The van der Waals surface area contributed by atoms with E-state index in [4.69, 9.17) is 4.74 Å². The van der Waals surface area contributed by atoms with Crippen molar-refractivity contribution in [1.29, 1.82) is 0 Å². The van der Waals surface area contributed by atoms with E-state index in [0.717, 1.165) is 29.4 Å². The van der Waals surface area contributed by atoms with Crippen LogP contribution in [0.4, 0.5) is 0 Å². The second-order valence-electron chi connectivity index (χ2n) is 4.72. The molecule has 0 radical (unpaired) electrons. The summed E-state index contributed by atoms with van der Waals surface area (Å²) in [5.41, 5.74) is 2.42. The van der Waals surface area contributed by atoms with Crippen LogP contribution in [-0.2, 0) is 13.0 Å². The van der Waals surface area contributed by atoms with Crippen LogP contribution in [0.3, 0.4) is 0 Å². The molecule has 0 aliphatic carbocycles. The van der Waals surface area contributed by atoms with Gasteiger partial charge in [-0.3, -0.25) is 0 Å². The molecule has 1 aromatic heterocycles. The van der Waals surface area contributed by atoms with Crippen LogP contribution in [-0.4, -0.2) is 18.1 Å². The van der Waals surface area contributed by atoms with Gasteiger partial charge in [-0.2, -0.15) is 0 Å². The molecule has 0 saturated carbocycles. The van der Waals surface area contributed by atoms with Gasteiger partial charge in [0, 0.05) is 23.7 Å². The third-order valence-electron chi connectivity index (χ3n) is 2.97. The Labute approximate surface area is 118 Å². The van der Waals surface area contributed by atoms with E-state index >= 15 is 0 Å². The van der Waals surface area contributed by atoms with Crippen molar-refractivity contribution in [3.63, 3.8) is 0 Å². The summed E-state index contributed by atoms with van der Waals surface area (Å²) in [4.78, 5) is 4.45. The Bertz CT molecular complexity index is 507. The van der Waals surface area contributed by atoms with E-state index < -0.39 is 0 Å². The van der Waals surface area contributed by atoms with E-state index in [1.54, 1.807) is 18.4 Å². The highest BCUT2D eigenvalue weighted by molar-refractivity contribution is 7.09. The van der Waals surface area contributed by atoms with Crippen molar-refractivity contribution in [3.8, 4) is 5.75 Å². The first kappa shape index (κ1) is 14.0. The van der Waals surface area contributed by atoms with Gasteiger partial charge in [0.05, 0.1) is 7.11 Å². The van der Waals surface area contributed by atoms with Gasteiger partial charge in [0.25, 0.3) is 0 Å². The second-order valence-corrected chi connectivity index (χ2v) is 5.66. The topological polar surface area (TPSA) is 34.1 Å². The van der Waals surface area contributed by atoms with Crippen LogP contribution in [0, 0.1) is 6.92 Å². The quantitative estimate of drug-likeness (QED) is 0.880. The van der Waals surface area contributed by atoms with E-state index in [1.165, 1.54) is 5.56 Å². The molecule has 0 aliphatic heterocycles. The fourth-order valence-corrected chi connectivity index (χ4v) is 2.66. The third kappa shape index (κ3) is 4.33. The summed E-state index contributed by atoms with van der Waals surface area (Å²) in [6, 6.07) is 8.67. The number of benzene rings is 1. The van der Waals surface area contributed by atoms with Crippen molar-refractivity contribution in [2.45, 2.75) is 32.9 Å². The molecular weight excluding hydrogens is 256 g/mol. The molecule has 0 fully saturated rings. The Morgan fingerprint density at radius 3 is 2.63 bits per heavy atom. The summed E-state index contributed by atoms with van der Waals surface area (Å²) in [6.45, 7) is 5.07. The summed E-state index contributed by atoms with van der Waals surface area (Å²) in [5.74, 6) is 0.905. The lowest BCUT2D eigenvalue weighted by Crippen LogP contribution is -2.27.